The molecule has 5 rings (SSSR count). The zero-order valence-corrected chi connectivity index (χ0v) is 24.7. The van der Waals surface area contributed by atoms with Crippen molar-refractivity contribution in [1.82, 2.24) is 15.3 Å². The molecule has 8 nitrogen and oxygen atoms in total. The highest BCUT2D eigenvalue weighted by molar-refractivity contribution is 14.1. The lowest BCUT2D eigenvalue weighted by Crippen LogP contribution is -2.43. The smallest absolute Gasteiger partial charge is 0.257 e. The van der Waals surface area contributed by atoms with Gasteiger partial charge in [-0.1, -0.05) is 6.07 Å². The van der Waals surface area contributed by atoms with Crippen LogP contribution < -0.4 is 25.0 Å². The van der Waals surface area contributed by atoms with Crippen LogP contribution in [-0.4, -0.2) is 56.3 Å². The Balaban J connectivity index is 1.50. The highest BCUT2D eigenvalue weighted by Gasteiger charge is 2.22. The summed E-state index contributed by atoms with van der Waals surface area (Å²) in [6, 6.07) is 13.5. The van der Waals surface area contributed by atoms with E-state index < -0.39 is 0 Å². The predicted octanol–water partition coefficient (Wildman–Crippen LogP) is 5.19. The predicted molar refractivity (Wildman–Crippen MR) is 163 cm³/mol. The molecule has 37 heavy (non-hydrogen) atoms. The second-order valence-electron chi connectivity index (χ2n) is 8.44. The van der Waals surface area contributed by atoms with Crippen LogP contribution in [0.5, 0.6) is 11.5 Å². The molecule has 1 aliphatic rings. The molecule has 0 radical (unpaired) electrons. The van der Waals surface area contributed by atoms with Gasteiger partial charge in [-0.25, -0.2) is 0 Å². The van der Waals surface area contributed by atoms with E-state index in [1.807, 2.05) is 36.4 Å². The third kappa shape index (κ3) is 5.18. The van der Waals surface area contributed by atoms with Crippen LogP contribution in [0.4, 0.5) is 11.4 Å². The van der Waals surface area contributed by atoms with Crippen LogP contribution in [0.3, 0.4) is 0 Å². The Morgan fingerprint density at radius 2 is 1.54 bits per heavy atom. The lowest BCUT2D eigenvalue weighted by Gasteiger charge is -2.29. The van der Waals surface area contributed by atoms with Gasteiger partial charge in [-0.05, 0) is 75.5 Å². The van der Waals surface area contributed by atoms with Gasteiger partial charge in [0.25, 0.3) is 5.91 Å². The first kappa shape index (κ1) is 25.9. The Hall–Kier alpha value is -2.71. The van der Waals surface area contributed by atoms with Crippen LogP contribution in [0, 0.1) is 7.14 Å². The first-order valence-corrected chi connectivity index (χ1v) is 13.9. The summed E-state index contributed by atoms with van der Waals surface area (Å²) in [7, 11) is 3.27. The highest BCUT2D eigenvalue weighted by atomic mass is 127. The van der Waals surface area contributed by atoms with E-state index in [0.717, 1.165) is 55.8 Å². The van der Waals surface area contributed by atoms with E-state index >= 15 is 0 Å². The van der Waals surface area contributed by atoms with Crippen LogP contribution in [0.2, 0.25) is 0 Å². The molecule has 1 aromatic heterocycles. The van der Waals surface area contributed by atoms with Crippen molar-refractivity contribution in [1.29, 1.82) is 0 Å². The van der Waals surface area contributed by atoms with E-state index in [9.17, 15) is 4.79 Å². The van der Waals surface area contributed by atoms with Crippen LogP contribution in [0.1, 0.15) is 10.4 Å². The zero-order chi connectivity index (χ0) is 25.9. The number of hydrogen-bond donors (Lipinski definition) is 2. The molecule has 1 aliphatic heterocycles. The van der Waals surface area contributed by atoms with Crippen LogP contribution in [0.15, 0.2) is 54.9 Å². The van der Waals surface area contributed by atoms with Crippen molar-refractivity contribution in [3.8, 4) is 22.6 Å². The summed E-state index contributed by atoms with van der Waals surface area (Å²) in [5, 5.41) is 6.38. The summed E-state index contributed by atoms with van der Waals surface area (Å²) in [6.45, 7) is 3.89. The van der Waals surface area contributed by atoms with Crippen molar-refractivity contribution < 1.29 is 14.3 Å². The van der Waals surface area contributed by atoms with E-state index in [0.29, 0.717) is 28.1 Å². The molecule has 2 heterocycles. The van der Waals surface area contributed by atoms with Crippen LogP contribution >= 0.6 is 45.2 Å². The Bertz CT molecular complexity index is 1430. The Labute approximate surface area is 242 Å². The summed E-state index contributed by atoms with van der Waals surface area (Å²) >= 11 is 4.54. The number of piperazine rings is 1. The maximum Gasteiger partial charge on any atom is 0.257 e. The number of amides is 1. The third-order valence-electron chi connectivity index (χ3n) is 6.32. The highest BCUT2D eigenvalue weighted by Crippen LogP contribution is 2.43. The second-order valence-corrected chi connectivity index (χ2v) is 10.6. The molecule has 2 N–H and O–H groups in total. The normalized spacial score (nSPS) is 13.5. The molecule has 1 amide bonds. The number of rotatable bonds is 6. The molecule has 1 saturated heterocycles. The van der Waals surface area contributed by atoms with Gasteiger partial charge < -0.3 is 25.0 Å². The number of carbonyl (C=O) groups is 1. The molecule has 1 fully saturated rings. The topological polar surface area (TPSA) is 88.6 Å². The van der Waals surface area contributed by atoms with Crippen LogP contribution in [0.25, 0.3) is 22.2 Å². The lowest BCUT2D eigenvalue weighted by atomic mass is 10.00. The SMILES string of the molecule is COc1cc(OC)c(I)c(-c2ccc(C(=O)Nc3ccc(N4CCNCC4)cc3)c3nccnc23)c1I. The third-order valence-corrected chi connectivity index (χ3v) is 8.46. The number of ether oxygens (including phenoxy) is 2. The van der Waals surface area contributed by atoms with Gasteiger partial charge in [-0.3, -0.25) is 14.8 Å². The average molecular weight is 721 g/mol. The molecule has 10 heteroatoms. The fourth-order valence-electron chi connectivity index (χ4n) is 4.44. The Morgan fingerprint density at radius 3 is 2.16 bits per heavy atom. The summed E-state index contributed by atoms with van der Waals surface area (Å²) in [4.78, 5) is 24.9. The van der Waals surface area contributed by atoms with Crippen LogP contribution in [-0.2, 0) is 0 Å². The van der Waals surface area contributed by atoms with Gasteiger partial charge in [-0.2, -0.15) is 0 Å². The summed E-state index contributed by atoms with van der Waals surface area (Å²) < 4.78 is 13.0. The summed E-state index contributed by atoms with van der Waals surface area (Å²) in [5.41, 5.74) is 5.28. The molecule has 190 valence electrons. The van der Waals surface area contributed by atoms with Crippen molar-refractivity contribution in [3.63, 3.8) is 0 Å². The lowest BCUT2D eigenvalue weighted by molar-refractivity contribution is 0.102. The fourth-order valence-corrected chi connectivity index (χ4v) is 6.83. The number of fused-ring (bicyclic) bond motifs is 1. The largest absolute Gasteiger partial charge is 0.495 e. The number of aromatic nitrogens is 2. The number of anilines is 2. The van der Waals surface area contributed by atoms with E-state index in [1.165, 1.54) is 0 Å². The monoisotopic (exact) mass is 721 g/mol. The molecule has 3 aromatic carbocycles. The van der Waals surface area contributed by atoms with Crippen molar-refractivity contribution in [3.05, 3.63) is 67.6 Å². The molecule has 0 bridgehead atoms. The summed E-state index contributed by atoms with van der Waals surface area (Å²) in [6.07, 6.45) is 3.24. The quantitative estimate of drug-likeness (QED) is 0.266. The number of nitrogens with zero attached hydrogens (tertiary/aromatic N) is 3. The van der Waals surface area contributed by atoms with Gasteiger partial charge in [0.1, 0.15) is 17.0 Å². The number of benzene rings is 3. The van der Waals surface area contributed by atoms with Crippen molar-refractivity contribution in [2.24, 2.45) is 0 Å². The van der Waals surface area contributed by atoms with E-state index in [2.05, 4.69) is 70.7 Å². The van der Waals surface area contributed by atoms with Crippen molar-refractivity contribution in [2.45, 2.75) is 0 Å². The van der Waals surface area contributed by atoms with E-state index in [-0.39, 0.29) is 5.91 Å². The number of carbonyl (C=O) groups excluding carboxylic acids is 1. The maximum atomic E-state index is 13.4. The fraction of sp³-hybridized carbons (Fsp3) is 0.222. The second kappa shape index (κ2) is 11.4. The standard InChI is InChI=1S/C27H25I2N5O3/c1-36-20-15-21(37-2)24(29)22(23(20)28)18-7-8-19(26-25(18)31-9-10-32-26)27(35)33-16-3-5-17(6-4-16)34-13-11-30-12-14-34/h3-10,15,30H,11-14H2,1-2H3,(H,33,35). The molecule has 4 aromatic rings. The minimum absolute atomic E-state index is 0.236. The molecule has 0 saturated carbocycles. The molecular formula is C27H25I2N5O3. The average Bonchev–Trinajstić information content (AvgIpc) is 2.94. The number of hydrogen-bond acceptors (Lipinski definition) is 7. The van der Waals surface area contributed by atoms with Gasteiger partial charge in [0, 0.05) is 67.1 Å². The zero-order valence-electron chi connectivity index (χ0n) is 20.3. The molecule has 0 aliphatic carbocycles. The molecule has 0 atom stereocenters. The number of nitrogens with one attached hydrogen (secondary N) is 2. The van der Waals surface area contributed by atoms with Gasteiger partial charge in [-0.15, -0.1) is 0 Å². The van der Waals surface area contributed by atoms with Crippen molar-refractivity contribution >= 4 is 73.5 Å². The van der Waals surface area contributed by atoms with Gasteiger partial charge >= 0.3 is 0 Å². The van der Waals surface area contributed by atoms with E-state index in [4.69, 9.17) is 9.47 Å². The van der Waals surface area contributed by atoms with Crippen molar-refractivity contribution in [2.75, 3.05) is 50.6 Å². The minimum atomic E-state index is -0.236. The summed E-state index contributed by atoms with van der Waals surface area (Å²) in [5.74, 6) is 1.17. The van der Waals surface area contributed by atoms with Gasteiger partial charge in [0.2, 0.25) is 0 Å². The first-order valence-electron chi connectivity index (χ1n) is 11.7. The van der Waals surface area contributed by atoms with E-state index in [1.54, 1.807) is 32.7 Å². The number of methoxy groups -OCH3 is 2. The minimum Gasteiger partial charge on any atom is -0.495 e. The molecule has 0 unspecified atom stereocenters. The Morgan fingerprint density at radius 1 is 0.919 bits per heavy atom. The number of halogens is 2. The van der Waals surface area contributed by atoms with Gasteiger partial charge in [0.15, 0.2) is 0 Å². The van der Waals surface area contributed by atoms with Gasteiger partial charge in [0.05, 0.1) is 32.4 Å². The maximum absolute atomic E-state index is 13.4. The Kier molecular flexibility index (Phi) is 7.95. The molecular weight excluding hydrogens is 696 g/mol. The first-order chi connectivity index (χ1) is 18.0. The molecule has 0 spiro atoms.